The molecule has 0 fully saturated rings. The fourth-order valence-electron chi connectivity index (χ4n) is 2.96. The van der Waals surface area contributed by atoms with E-state index in [1.54, 1.807) is 18.2 Å². The highest BCUT2D eigenvalue weighted by molar-refractivity contribution is 6.12. The molecule has 0 spiro atoms. The van der Waals surface area contributed by atoms with Crippen LogP contribution in [0.5, 0.6) is 0 Å². The Morgan fingerprint density at radius 1 is 0.966 bits per heavy atom. The second-order valence-electron chi connectivity index (χ2n) is 6.46. The van der Waals surface area contributed by atoms with Gasteiger partial charge in [0.2, 0.25) is 0 Å². The number of hydrogen-bond donors (Lipinski definition) is 3. The number of hydrogen-bond acceptors (Lipinski definition) is 3. The SMILES string of the molecule is N=C(/C=C/c1ccc(F)cc1)c1cc(-c2nc3ccc(F)cc3[nH]2)c(F)cc1N. The first-order valence-corrected chi connectivity index (χ1v) is 8.68. The van der Waals surface area contributed by atoms with Crippen LogP contribution >= 0.6 is 0 Å². The van der Waals surface area contributed by atoms with Crippen LogP contribution in [-0.2, 0) is 0 Å². The van der Waals surface area contributed by atoms with Gasteiger partial charge in [0, 0.05) is 11.3 Å². The van der Waals surface area contributed by atoms with Gasteiger partial charge in [0.25, 0.3) is 0 Å². The highest BCUT2D eigenvalue weighted by Gasteiger charge is 2.15. The zero-order valence-electron chi connectivity index (χ0n) is 15.0. The van der Waals surface area contributed by atoms with E-state index in [4.69, 9.17) is 11.1 Å². The molecule has 0 bridgehead atoms. The summed E-state index contributed by atoms with van der Waals surface area (Å²) in [6.07, 6.45) is 3.13. The van der Waals surface area contributed by atoms with E-state index in [0.29, 0.717) is 22.2 Å². The number of nitrogens with one attached hydrogen (secondary N) is 2. The van der Waals surface area contributed by atoms with E-state index in [2.05, 4.69) is 9.97 Å². The molecule has 0 saturated heterocycles. The van der Waals surface area contributed by atoms with Gasteiger partial charge in [-0.15, -0.1) is 0 Å². The van der Waals surface area contributed by atoms with Crippen molar-refractivity contribution in [3.8, 4) is 11.4 Å². The lowest BCUT2D eigenvalue weighted by molar-refractivity contribution is 0.627. The summed E-state index contributed by atoms with van der Waals surface area (Å²) >= 11 is 0. The molecule has 29 heavy (non-hydrogen) atoms. The second kappa shape index (κ2) is 7.27. The normalized spacial score (nSPS) is 11.4. The van der Waals surface area contributed by atoms with Crippen molar-refractivity contribution in [3.63, 3.8) is 0 Å². The molecule has 0 aliphatic rings. The summed E-state index contributed by atoms with van der Waals surface area (Å²) in [5.41, 5.74) is 8.12. The predicted molar refractivity (Wildman–Crippen MR) is 108 cm³/mol. The zero-order chi connectivity index (χ0) is 20.5. The van der Waals surface area contributed by atoms with Gasteiger partial charge in [-0.2, -0.15) is 0 Å². The minimum atomic E-state index is -0.610. The average Bonchev–Trinajstić information content (AvgIpc) is 3.10. The first-order chi connectivity index (χ1) is 13.9. The number of aromatic nitrogens is 2. The number of imidazole rings is 1. The number of H-pyrrole nitrogens is 1. The highest BCUT2D eigenvalue weighted by Crippen LogP contribution is 2.28. The predicted octanol–water partition coefficient (Wildman–Crippen LogP) is 5.31. The fourth-order valence-corrected chi connectivity index (χ4v) is 2.96. The third-order valence-corrected chi connectivity index (χ3v) is 4.44. The summed E-state index contributed by atoms with van der Waals surface area (Å²) in [5.74, 6) is -1.19. The lowest BCUT2D eigenvalue weighted by atomic mass is 10.0. The third kappa shape index (κ3) is 3.75. The Labute approximate surface area is 164 Å². The Kier molecular flexibility index (Phi) is 4.64. The van der Waals surface area contributed by atoms with Crippen molar-refractivity contribution < 1.29 is 13.2 Å². The monoisotopic (exact) mass is 392 g/mol. The second-order valence-corrected chi connectivity index (χ2v) is 6.46. The number of anilines is 1. The van der Waals surface area contributed by atoms with Crippen molar-refractivity contribution in [3.05, 3.63) is 89.3 Å². The van der Waals surface area contributed by atoms with Gasteiger partial charge in [0.15, 0.2) is 0 Å². The van der Waals surface area contributed by atoms with E-state index in [-0.39, 0.29) is 28.6 Å². The molecule has 4 N–H and O–H groups in total. The summed E-state index contributed by atoms with van der Waals surface area (Å²) in [5, 5.41) is 8.28. The van der Waals surface area contributed by atoms with Gasteiger partial charge in [0.1, 0.15) is 23.3 Å². The van der Waals surface area contributed by atoms with Gasteiger partial charge < -0.3 is 16.1 Å². The van der Waals surface area contributed by atoms with Crippen LogP contribution in [-0.4, -0.2) is 15.7 Å². The Balaban J connectivity index is 1.70. The molecule has 0 radical (unpaired) electrons. The molecule has 144 valence electrons. The summed E-state index contributed by atoms with van der Waals surface area (Å²) < 4.78 is 40.9. The summed E-state index contributed by atoms with van der Waals surface area (Å²) in [6.45, 7) is 0. The smallest absolute Gasteiger partial charge is 0.141 e. The van der Waals surface area contributed by atoms with Crippen LogP contribution in [0.4, 0.5) is 18.9 Å². The largest absolute Gasteiger partial charge is 0.398 e. The molecule has 0 aliphatic carbocycles. The zero-order valence-corrected chi connectivity index (χ0v) is 15.0. The van der Waals surface area contributed by atoms with E-state index in [9.17, 15) is 13.2 Å². The molecule has 3 aromatic carbocycles. The molecule has 4 rings (SSSR count). The Morgan fingerprint density at radius 3 is 2.45 bits per heavy atom. The van der Waals surface area contributed by atoms with Crippen molar-refractivity contribution in [1.82, 2.24) is 9.97 Å². The third-order valence-electron chi connectivity index (χ3n) is 4.44. The number of aromatic amines is 1. The Bertz CT molecular complexity index is 1260. The van der Waals surface area contributed by atoms with Crippen LogP contribution < -0.4 is 5.73 Å². The molecule has 0 aliphatic heterocycles. The molecular weight excluding hydrogens is 377 g/mol. The molecule has 1 heterocycles. The van der Waals surface area contributed by atoms with Gasteiger partial charge in [-0.25, -0.2) is 18.2 Å². The Hall–Kier alpha value is -3.87. The molecule has 0 amide bonds. The van der Waals surface area contributed by atoms with Crippen LogP contribution in [0.3, 0.4) is 0 Å². The fraction of sp³-hybridized carbons (Fsp3) is 0. The molecule has 4 nitrogen and oxygen atoms in total. The molecule has 1 aromatic heterocycles. The van der Waals surface area contributed by atoms with E-state index >= 15 is 0 Å². The van der Waals surface area contributed by atoms with Gasteiger partial charge in [-0.05, 0) is 54.1 Å². The van der Waals surface area contributed by atoms with Gasteiger partial charge in [-0.1, -0.05) is 18.2 Å². The lowest BCUT2D eigenvalue weighted by Crippen LogP contribution is -2.03. The summed E-state index contributed by atoms with van der Waals surface area (Å²) in [4.78, 5) is 7.18. The number of benzene rings is 3. The molecule has 0 saturated carbocycles. The quantitative estimate of drug-likeness (QED) is 0.325. The van der Waals surface area contributed by atoms with E-state index < -0.39 is 11.6 Å². The van der Waals surface area contributed by atoms with E-state index in [0.717, 1.165) is 6.07 Å². The first-order valence-electron chi connectivity index (χ1n) is 8.68. The van der Waals surface area contributed by atoms with Gasteiger partial charge in [-0.3, -0.25) is 0 Å². The summed E-state index contributed by atoms with van der Waals surface area (Å²) in [6, 6.07) is 12.4. The number of nitrogens with two attached hydrogens (primary N) is 1. The van der Waals surface area contributed by atoms with Crippen LogP contribution in [0.2, 0.25) is 0 Å². The molecule has 0 atom stereocenters. The van der Waals surface area contributed by atoms with Crippen molar-refractivity contribution in [2.45, 2.75) is 0 Å². The number of halogens is 3. The van der Waals surface area contributed by atoms with Crippen LogP contribution in [0, 0.1) is 22.9 Å². The highest BCUT2D eigenvalue weighted by atomic mass is 19.1. The number of nitrogens with zero attached hydrogens (tertiary/aromatic N) is 1. The number of fused-ring (bicyclic) bond motifs is 1. The maximum atomic E-state index is 14.5. The minimum absolute atomic E-state index is 0.0511. The van der Waals surface area contributed by atoms with Crippen molar-refractivity contribution in [2.24, 2.45) is 0 Å². The van der Waals surface area contributed by atoms with Crippen LogP contribution in [0.15, 0.2) is 60.7 Å². The standard InChI is InChI=1S/C22H15F3N4/c23-13-4-1-12(2-5-13)3-7-18(26)16-10-15(17(25)11-19(16)27)22-28-20-8-6-14(24)9-21(20)29-22/h1-11,26H,27H2,(H,28,29)/b7-3+,26-18?. The average molecular weight is 392 g/mol. The van der Waals surface area contributed by atoms with Crippen LogP contribution in [0.25, 0.3) is 28.5 Å². The molecule has 0 unspecified atom stereocenters. The summed E-state index contributed by atoms with van der Waals surface area (Å²) in [7, 11) is 0. The van der Waals surface area contributed by atoms with Crippen LogP contribution in [0.1, 0.15) is 11.1 Å². The van der Waals surface area contributed by atoms with E-state index in [1.807, 2.05) is 0 Å². The van der Waals surface area contributed by atoms with Gasteiger partial charge in [0.05, 0.1) is 22.3 Å². The topological polar surface area (TPSA) is 78.5 Å². The number of rotatable bonds is 4. The first kappa shape index (κ1) is 18.5. The molecule has 7 heteroatoms. The minimum Gasteiger partial charge on any atom is -0.398 e. The van der Waals surface area contributed by atoms with E-state index in [1.165, 1.54) is 42.5 Å². The number of allylic oxidation sites excluding steroid dienone is 1. The molecular formula is C22H15F3N4. The Morgan fingerprint density at radius 2 is 1.69 bits per heavy atom. The van der Waals surface area contributed by atoms with Gasteiger partial charge >= 0.3 is 0 Å². The van der Waals surface area contributed by atoms with Crippen molar-refractivity contribution in [2.75, 3.05) is 5.73 Å². The molecule has 4 aromatic rings. The lowest BCUT2D eigenvalue weighted by Gasteiger charge is -2.08. The van der Waals surface area contributed by atoms with Crippen molar-refractivity contribution >= 4 is 28.5 Å². The number of nitrogen functional groups attached to an aromatic ring is 1. The maximum absolute atomic E-state index is 14.5. The maximum Gasteiger partial charge on any atom is 0.141 e. The van der Waals surface area contributed by atoms with Crippen molar-refractivity contribution in [1.29, 1.82) is 5.41 Å².